The van der Waals surface area contributed by atoms with Crippen molar-refractivity contribution >= 4 is 7.98 Å². The number of hydrogen-bond acceptors (Lipinski definition) is 11. The Bertz CT molecular complexity index is 1990. The summed E-state index contributed by atoms with van der Waals surface area (Å²) in [6, 6.07) is 2.29. The Morgan fingerprint density at radius 3 is 1.51 bits per heavy atom. The zero-order valence-electron chi connectivity index (χ0n) is 51.1. The average Bonchev–Trinajstić information content (AvgIpc) is 3.96. The molecule has 22 unspecified atom stereocenters. The van der Waals surface area contributed by atoms with E-state index in [1.165, 1.54) is 51.4 Å². The summed E-state index contributed by atoms with van der Waals surface area (Å²) in [7, 11) is 7.87. The van der Waals surface area contributed by atoms with Gasteiger partial charge in [-0.1, -0.05) is 67.7 Å². The van der Waals surface area contributed by atoms with Crippen LogP contribution in [0.5, 0.6) is 0 Å². The van der Waals surface area contributed by atoms with Crippen LogP contribution in [0.3, 0.4) is 0 Å². The molecular formula is C65H112BN7O6. The Morgan fingerprint density at radius 1 is 0.595 bits per heavy atom. The van der Waals surface area contributed by atoms with Gasteiger partial charge in [-0.05, 0) is 198 Å². The summed E-state index contributed by atoms with van der Waals surface area (Å²) < 4.78 is 39.3. The first kappa shape index (κ1) is 64.7. The predicted octanol–water partition coefficient (Wildman–Crippen LogP) is 10.9. The summed E-state index contributed by atoms with van der Waals surface area (Å²) >= 11 is 0. The van der Waals surface area contributed by atoms with Gasteiger partial charge < -0.3 is 60.1 Å². The molecule has 8 fully saturated rings. The summed E-state index contributed by atoms with van der Waals surface area (Å²) in [5.74, 6) is 7.05. The normalized spacial score (nSPS) is 41.8. The maximum atomic E-state index is 9.31. The molecular weight excluding hydrogens is 986 g/mol. The highest BCUT2D eigenvalue weighted by Crippen LogP contribution is 2.71. The number of ether oxygens (including phenoxy) is 6. The average molecular weight is 1100 g/mol. The molecule has 0 saturated heterocycles. The fraction of sp³-hybridized carbons (Fsp3) is 0.954. The zero-order chi connectivity index (χ0) is 57.0. The molecule has 0 aliphatic heterocycles. The van der Waals surface area contributed by atoms with E-state index in [1.807, 2.05) is 7.05 Å². The largest absolute Gasteiger partial charge is 0.377 e. The number of nitrogens with two attached hydrogens (primary N) is 3. The monoisotopic (exact) mass is 1100 g/mol. The Balaban J connectivity index is 0.000000230. The van der Waals surface area contributed by atoms with Crippen LogP contribution in [0, 0.1) is 117 Å². The number of nitriles is 1. The van der Waals surface area contributed by atoms with E-state index in [0.717, 1.165) is 83.1 Å². The number of unbranched alkanes of at least 4 members (excludes halogenated alkanes) is 1. The predicted molar refractivity (Wildman–Crippen MR) is 316 cm³/mol. The van der Waals surface area contributed by atoms with Crippen molar-refractivity contribution in [2.45, 2.75) is 214 Å². The molecule has 0 bridgehead atoms. The van der Waals surface area contributed by atoms with Crippen LogP contribution in [0.15, 0.2) is 0 Å². The topological polar surface area (TPSA) is 169 Å². The van der Waals surface area contributed by atoms with E-state index in [1.54, 1.807) is 4.81 Å². The molecule has 8 aliphatic rings. The van der Waals surface area contributed by atoms with Crippen molar-refractivity contribution in [1.82, 2.24) is 4.81 Å². The molecule has 0 aromatic heterocycles. The van der Waals surface area contributed by atoms with E-state index in [9.17, 15) is 5.26 Å². The van der Waals surface area contributed by atoms with Crippen molar-refractivity contribution in [3.05, 3.63) is 22.8 Å². The van der Waals surface area contributed by atoms with Crippen LogP contribution in [0.25, 0.3) is 9.69 Å². The molecule has 0 aromatic carbocycles. The van der Waals surface area contributed by atoms with E-state index in [2.05, 4.69) is 64.2 Å². The lowest BCUT2D eigenvalue weighted by Gasteiger charge is -2.64. The minimum absolute atomic E-state index is 0.0390. The highest BCUT2D eigenvalue weighted by atomic mass is 16.5. The highest BCUT2D eigenvalue weighted by molar-refractivity contribution is 6.04. The zero-order valence-corrected chi connectivity index (χ0v) is 51.1. The van der Waals surface area contributed by atoms with Crippen molar-refractivity contribution in [2.24, 2.45) is 110 Å². The van der Waals surface area contributed by atoms with E-state index in [4.69, 9.17) is 66.7 Å². The lowest BCUT2D eigenvalue weighted by Crippen LogP contribution is -2.63. The Kier molecular flexibility index (Phi) is 24.4. The van der Waals surface area contributed by atoms with Crippen LogP contribution < -0.4 is 17.2 Å². The molecule has 446 valence electrons. The van der Waals surface area contributed by atoms with Gasteiger partial charge in [-0.3, -0.25) is 0 Å². The van der Waals surface area contributed by atoms with E-state index in [-0.39, 0.29) is 40.7 Å². The molecule has 0 heterocycles. The second kappa shape index (κ2) is 29.8. The van der Waals surface area contributed by atoms with Crippen molar-refractivity contribution in [3.8, 4) is 6.07 Å². The summed E-state index contributed by atoms with van der Waals surface area (Å²) in [5, 5.41) is 9.31. The molecule has 2 radical (unpaired) electrons. The lowest BCUT2D eigenvalue weighted by atomic mass is 9.43. The van der Waals surface area contributed by atoms with Gasteiger partial charge in [-0.2, -0.15) is 5.26 Å². The number of hydrogen-bond donors (Lipinski definition) is 3. The first-order valence-corrected chi connectivity index (χ1v) is 32.3. The second-order valence-corrected chi connectivity index (χ2v) is 27.9. The lowest BCUT2D eigenvalue weighted by molar-refractivity contribution is -0.226. The molecule has 0 spiro atoms. The highest BCUT2D eigenvalue weighted by Gasteiger charge is 2.68. The number of nitrogens with zero attached hydrogens (tertiary/aromatic N) is 4. The maximum Gasteiger partial charge on any atom is 0.237 e. The van der Waals surface area contributed by atoms with Gasteiger partial charge in [-0.15, -0.1) is 0 Å². The second-order valence-electron chi connectivity index (χ2n) is 27.9. The molecule has 0 aromatic rings. The minimum atomic E-state index is 0.0390. The van der Waals surface area contributed by atoms with Gasteiger partial charge in [0.2, 0.25) is 13.1 Å². The third-order valence-corrected chi connectivity index (χ3v) is 24.1. The maximum absolute atomic E-state index is 9.31. The summed E-state index contributed by atoms with van der Waals surface area (Å²) in [4.78, 5) is 8.89. The molecule has 8 saturated carbocycles. The van der Waals surface area contributed by atoms with Gasteiger partial charge in [-0.25, -0.2) is 13.1 Å². The Morgan fingerprint density at radius 2 is 1.04 bits per heavy atom. The first-order chi connectivity index (χ1) is 38.0. The van der Waals surface area contributed by atoms with Gasteiger partial charge in [0.05, 0.1) is 75.5 Å². The van der Waals surface area contributed by atoms with Crippen molar-refractivity contribution in [3.63, 3.8) is 0 Å². The molecule has 0 amide bonds. The van der Waals surface area contributed by atoms with Crippen LogP contribution in [0.4, 0.5) is 0 Å². The van der Waals surface area contributed by atoms with Crippen LogP contribution in [0.2, 0.25) is 0 Å². The van der Waals surface area contributed by atoms with Crippen LogP contribution in [-0.4, -0.2) is 135 Å². The summed E-state index contributed by atoms with van der Waals surface area (Å²) in [5.41, 5.74) is 18.5. The third-order valence-electron chi connectivity index (χ3n) is 24.1. The van der Waals surface area contributed by atoms with E-state index in [0.29, 0.717) is 162 Å². The number of fused-ring (bicyclic) bond motifs is 10. The Hall–Kier alpha value is -1.87. The standard InChI is InChI=1S/C34H53BN4O3.C31H59N3O3/c1-24(9-7-17-39(6)35)27-10-11-28-32-29(23-31(34(27,28)3)42-20-16-38-5)33(2)13-12-26(40-19-15-37-4)21-25(33)22-30(32)41-18-8-14-36;1-5-6-7-21(2)24-8-9-25-29-26(20-28(31(24,25)4)37-17-14-34)30(3)11-10-23(35-15-12-32)18-22(30)19-27(29)36-16-13-33/h24-32H,7-13,15-23H2,1-3,6H3;21-29H,5-20,32-34H2,1-4H3. The Labute approximate surface area is 482 Å². The first-order valence-electron chi connectivity index (χ1n) is 32.3. The van der Waals surface area contributed by atoms with Crippen LogP contribution in [-0.2, 0) is 28.4 Å². The number of rotatable bonds is 27. The van der Waals surface area contributed by atoms with Crippen molar-refractivity contribution < 1.29 is 28.4 Å². The molecule has 8 aliphatic carbocycles. The van der Waals surface area contributed by atoms with Crippen molar-refractivity contribution in [1.29, 1.82) is 5.26 Å². The quantitative estimate of drug-likeness (QED) is 0.0407. The fourth-order valence-electron chi connectivity index (χ4n) is 20.3. The third kappa shape index (κ3) is 14.0. The minimum Gasteiger partial charge on any atom is -0.377 e. The van der Waals surface area contributed by atoms with Gasteiger partial charge in [0.1, 0.15) is 13.2 Å². The smallest absolute Gasteiger partial charge is 0.237 e. The van der Waals surface area contributed by atoms with Gasteiger partial charge in [0.15, 0.2) is 7.98 Å². The summed E-state index contributed by atoms with van der Waals surface area (Å²) in [6.07, 6.45) is 24.2. The SMILES string of the molecule is CCCCC(C)C1CCC2C3C(OCCN)CC4CC(OCCN)CCC4(C)C3CC(OCCN)C12C.[B]N(C)CCCC(C)C1CCC2C3C(OCCC#N)CC4CC(OCC[N+]#[C-])CCC4(C)C3CC(OCC[N+]#[C-])C12C. The van der Waals surface area contributed by atoms with Crippen molar-refractivity contribution in [2.75, 3.05) is 86.0 Å². The van der Waals surface area contributed by atoms with Crippen LogP contribution in [0.1, 0.15) is 177 Å². The fourth-order valence-corrected chi connectivity index (χ4v) is 20.3. The molecule has 8 rings (SSSR count). The van der Waals surface area contributed by atoms with Crippen LogP contribution >= 0.6 is 0 Å². The molecule has 13 nitrogen and oxygen atoms in total. The molecule has 79 heavy (non-hydrogen) atoms. The molecule has 14 heteroatoms. The van der Waals surface area contributed by atoms with Gasteiger partial charge in [0, 0.05) is 30.5 Å². The molecule has 22 atom stereocenters. The van der Waals surface area contributed by atoms with E-state index >= 15 is 0 Å². The van der Waals surface area contributed by atoms with Gasteiger partial charge in [0.25, 0.3) is 0 Å². The van der Waals surface area contributed by atoms with Gasteiger partial charge >= 0.3 is 0 Å². The molecule has 6 N–H and O–H groups in total. The summed E-state index contributed by atoms with van der Waals surface area (Å²) in [6.45, 7) is 39.1. The van der Waals surface area contributed by atoms with E-state index < -0.39 is 0 Å².